The largest absolute Gasteiger partial charge is 0.380 e. The molecule has 3 heterocycles. The number of likely N-dealkylation sites (tertiary alicyclic amines) is 1. The van der Waals surface area contributed by atoms with Crippen LogP contribution in [-0.2, 0) is 13.6 Å². The molecular weight excluding hydrogens is 484 g/mol. The number of aryl methyl sites for hydroxylation is 1. The molecule has 1 aliphatic rings. The zero-order valence-electron chi connectivity index (χ0n) is 21.2. The number of nitrogens with zero attached hydrogens (tertiary/aromatic N) is 3. The van der Waals surface area contributed by atoms with E-state index in [1.165, 1.54) is 0 Å². The van der Waals surface area contributed by atoms with Crippen LogP contribution in [0.1, 0.15) is 35.3 Å². The number of carbonyl (C=O) groups is 1. The second-order valence-corrected chi connectivity index (χ2v) is 10.4. The van der Waals surface area contributed by atoms with E-state index in [2.05, 4.69) is 23.3 Å². The van der Waals surface area contributed by atoms with Crippen molar-refractivity contribution in [2.45, 2.75) is 25.8 Å². The summed E-state index contributed by atoms with van der Waals surface area (Å²) in [6.07, 6.45) is 4.43. The van der Waals surface area contributed by atoms with E-state index in [9.17, 15) is 9.59 Å². The van der Waals surface area contributed by atoms with Gasteiger partial charge in [-0.25, -0.2) is 4.98 Å². The highest BCUT2D eigenvalue weighted by Crippen LogP contribution is 2.30. The summed E-state index contributed by atoms with van der Waals surface area (Å²) in [5.74, 6) is 0.487. The van der Waals surface area contributed by atoms with Crippen LogP contribution >= 0.6 is 11.6 Å². The first-order valence-corrected chi connectivity index (χ1v) is 13.1. The van der Waals surface area contributed by atoms with Gasteiger partial charge in [0.2, 0.25) is 5.56 Å². The fourth-order valence-corrected chi connectivity index (χ4v) is 5.15. The molecule has 190 valence electrons. The zero-order valence-corrected chi connectivity index (χ0v) is 22.0. The van der Waals surface area contributed by atoms with E-state index < -0.39 is 0 Å². The van der Waals surface area contributed by atoms with Crippen LogP contribution in [0.4, 0.5) is 5.69 Å². The van der Waals surface area contributed by atoms with E-state index in [-0.39, 0.29) is 11.3 Å². The van der Waals surface area contributed by atoms with Crippen molar-refractivity contribution in [2.24, 2.45) is 13.0 Å². The van der Waals surface area contributed by atoms with E-state index in [0.717, 1.165) is 59.2 Å². The van der Waals surface area contributed by atoms with Gasteiger partial charge in [0.1, 0.15) is 5.69 Å². The first kappa shape index (κ1) is 25.2. The van der Waals surface area contributed by atoms with Crippen LogP contribution in [0.2, 0.25) is 5.02 Å². The third-order valence-corrected chi connectivity index (χ3v) is 7.43. The molecule has 37 heavy (non-hydrogen) atoms. The average molecular weight is 515 g/mol. The summed E-state index contributed by atoms with van der Waals surface area (Å²) in [5, 5.41) is 5.13. The number of benzene rings is 2. The van der Waals surface area contributed by atoms with Crippen molar-refractivity contribution in [2.75, 3.05) is 25.5 Å². The summed E-state index contributed by atoms with van der Waals surface area (Å²) in [5.41, 5.74) is 5.01. The van der Waals surface area contributed by atoms with Gasteiger partial charge in [-0.1, -0.05) is 29.8 Å². The predicted octanol–water partition coefficient (Wildman–Crippen LogP) is 5.78. The molecule has 0 bridgehead atoms. The quantitative estimate of drug-likeness (QED) is 0.317. The summed E-state index contributed by atoms with van der Waals surface area (Å²) in [4.78, 5) is 32.3. The highest BCUT2D eigenvalue weighted by molar-refractivity contribution is 6.30. The lowest BCUT2D eigenvalue weighted by atomic mass is 9.91. The normalized spacial score (nSPS) is 14.7. The number of fused-ring (bicyclic) bond motifs is 1. The number of carbonyl (C=O) groups excluding carboxylic acids is 1. The van der Waals surface area contributed by atoms with Crippen LogP contribution < -0.4 is 10.9 Å². The molecule has 1 N–H and O–H groups in total. The first-order valence-electron chi connectivity index (χ1n) is 12.7. The van der Waals surface area contributed by atoms with Gasteiger partial charge in [0.05, 0.1) is 5.52 Å². The van der Waals surface area contributed by atoms with Crippen molar-refractivity contribution in [3.63, 3.8) is 0 Å². The molecular formula is C30H31ClN4O2. The number of pyridine rings is 2. The monoisotopic (exact) mass is 514 g/mol. The number of Topliss-reactive ketones (excluding diaryl/α,β-unsaturated/α-hetero) is 1. The van der Waals surface area contributed by atoms with Gasteiger partial charge < -0.3 is 14.8 Å². The molecule has 4 aromatic rings. The number of hydrogen-bond donors (Lipinski definition) is 1. The van der Waals surface area contributed by atoms with E-state index >= 15 is 0 Å². The Morgan fingerprint density at radius 2 is 1.81 bits per heavy atom. The van der Waals surface area contributed by atoms with Crippen molar-refractivity contribution in [1.29, 1.82) is 0 Å². The second-order valence-electron chi connectivity index (χ2n) is 10.0. The Morgan fingerprint density at radius 3 is 2.57 bits per heavy atom. The van der Waals surface area contributed by atoms with E-state index in [0.29, 0.717) is 29.6 Å². The maximum atomic E-state index is 13.3. The minimum absolute atomic E-state index is 0.0529. The van der Waals surface area contributed by atoms with Crippen LogP contribution in [0.25, 0.3) is 22.0 Å². The molecule has 2 aromatic carbocycles. The molecule has 0 saturated carbocycles. The summed E-state index contributed by atoms with van der Waals surface area (Å²) < 4.78 is 1.57. The lowest BCUT2D eigenvalue weighted by molar-refractivity contribution is 0.0931. The lowest BCUT2D eigenvalue weighted by Crippen LogP contribution is -2.31. The number of anilines is 1. The smallest absolute Gasteiger partial charge is 0.250 e. The van der Waals surface area contributed by atoms with Crippen LogP contribution in [0.3, 0.4) is 0 Å². The van der Waals surface area contributed by atoms with Crippen LogP contribution in [-0.4, -0.2) is 40.4 Å². The Bertz CT molecular complexity index is 1510. The Morgan fingerprint density at radius 1 is 1.03 bits per heavy atom. The van der Waals surface area contributed by atoms with Gasteiger partial charge in [-0.05, 0) is 92.0 Å². The summed E-state index contributed by atoms with van der Waals surface area (Å²) in [7, 11) is 3.87. The average Bonchev–Trinajstić information content (AvgIpc) is 2.89. The maximum Gasteiger partial charge on any atom is 0.250 e. The number of halogens is 1. The fraction of sp³-hybridized carbons (Fsp3) is 0.300. The van der Waals surface area contributed by atoms with Gasteiger partial charge in [0.25, 0.3) is 0 Å². The standard InChI is InChI=1S/C30H31ClN4O2/c1-34-12-10-20(11-13-34)15-29(36)28-17-27(32-18-21-4-3-5-24(31)14-21)25-16-22(6-8-26(25)33-28)23-7-9-30(37)35(2)19-23/h3-9,14,16-17,19-20H,10-13,15,18H2,1-2H3,(H,32,33). The molecule has 0 spiro atoms. The van der Waals surface area contributed by atoms with Crippen LogP contribution in [0, 0.1) is 5.92 Å². The molecule has 1 aliphatic heterocycles. The van der Waals surface area contributed by atoms with Gasteiger partial charge in [0, 0.05) is 48.4 Å². The third kappa shape index (κ3) is 5.92. The number of aromatic nitrogens is 2. The number of rotatable bonds is 7. The molecule has 1 fully saturated rings. The topological polar surface area (TPSA) is 67.2 Å². The van der Waals surface area contributed by atoms with Crippen molar-refractivity contribution >= 4 is 34.0 Å². The highest BCUT2D eigenvalue weighted by atomic mass is 35.5. The molecule has 0 amide bonds. The predicted molar refractivity (Wildman–Crippen MR) is 150 cm³/mol. The number of hydrogen-bond acceptors (Lipinski definition) is 5. The van der Waals surface area contributed by atoms with Crippen LogP contribution in [0.5, 0.6) is 0 Å². The highest BCUT2D eigenvalue weighted by Gasteiger charge is 2.22. The molecule has 7 heteroatoms. The van der Waals surface area contributed by atoms with Crippen molar-refractivity contribution < 1.29 is 4.79 Å². The molecule has 0 radical (unpaired) electrons. The summed E-state index contributed by atoms with van der Waals surface area (Å²) in [6, 6.07) is 19.0. The minimum atomic E-state index is -0.0529. The first-order chi connectivity index (χ1) is 17.9. The lowest BCUT2D eigenvalue weighted by Gasteiger charge is -2.28. The molecule has 0 atom stereocenters. The minimum Gasteiger partial charge on any atom is -0.380 e. The maximum absolute atomic E-state index is 13.3. The Balaban J connectivity index is 1.50. The van der Waals surface area contributed by atoms with Crippen molar-refractivity contribution in [1.82, 2.24) is 14.5 Å². The van der Waals surface area contributed by atoms with Gasteiger partial charge in [-0.15, -0.1) is 0 Å². The fourth-order valence-electron chi connectivity index (χ4n) is 4.94. The molecule has 0 aliphatic carbocycles. The van der Waals surface area contributed by atoms with E-state index in [1.807, 2.05) is 54.7 Å². The Labute approximate surface area is 221 Å². The Hall–Kier alpha value is -3.48. The van der Waals surface area contributed by atoms with Gasteiger partial charge in [0.15, 0.2) is 5.78 Å². The number of nitrogens with one attached hydrogen (secondary N) is 1. The zero-order chi connectivity index (χ0) is 25.9. The molecule has 6 nitrogen and oxygen atoms in total. The SMILES string of the molecule is CN1CCC(CC(=O)c2cc(NCc3cccc(Cl)c3)c3cc(-c4ccc(=O)n(C)c4)ccc3n2)CC1. The second kappa shape index (κ2) is 10.9. The van der Waals surface area contributed by atoms with Crippen molar-refractivity contribution in [3.8, 4) is 11.1 Å². The molecule has 0 unspecified atom stereocenters. The van der Waals surface area contributed by atoms with Crippen molar-refractivity contribution in [3.05, 3.63) is 93.5 Å². The van der Waals surface area contributed by atoms with Gasteiger partial charge in [-0.2, -0.15) is 0 Å². The third-order valence-electron chi connectivity index (χ3n) is 7.20. The van der Waals surface area contributed by atoms with Gasteiger partial charge in [-0.3, -0.25) is 9.59 Å². The van der Waals surface area contributed by atoms with E-state index in [4.69, 9.17) is 16.6 Å². The number of piperidine rings is 1. The van der Waals surface area contributed by atoms with E-state index in [1.54, 1.807) is 17.7 Å². The summed E-state index contributed by atoms with van der Waals surface area (Å²) in [6.45, 7) is 2.62. The molecule has 2 aromatic heterocycles. The summed E-state index contributed by atoms with van der Waals surface area (Å²) >= 11 is 6.19. The Kier molecular flexibility index (Phi) is 7.40. The van der Waals surface area contributed by atoms with Gasteiger partial charge >= 0.3 is 0 Å². The van der Waals surface area contributed by atoms with Crippen LogP contribution in [0.15, 0.2) is 71.7 Å². The molecule has 1 saturated heterocycles. The number of ketones is 1. The molecule has 5 rings (SSSR count).